The van der Waals surface area contributed by atoms with Crippen molar-refractivity contribution < 1.29 is 0 Å². The van der Waals surface area contributed by atoms with Crippen LogP contribution in [-0.2, 0) is 13.1 Å². The maximum absolute atomic E-state index is 12.4. The first-order valence-electron chi connectivity index (χ1n) is 6.62. The van der Waals surface area contributed by atoms with Crippen LogP contribution in [0.2, 0.25) is 0 Å². The number of hydrogen-bond donors (Lipinski definition) is 1. The molecule has 0 radical (unpaired) electrons. The monoisotopic (exact) mass is 363 g/mol. The highest BCUT2D eigenvalue weighted by molar-refractivity contribution is 9.10. The van der Waals surface area contributed by atoms with Gasteiger partial charge in [0.05, 0.1) is 17.2 Å². The lowest BCUT2D eigenvalue weighted by Gasteiger charge is -2.07. The van der Waals surface area contributed by atoms with Gasteiger partial charge in [-0.2, -0.15) is 0 Å². The number of nitrogens with one attached hydrogen (secondary N) is 1. The molecule has 1 N–H and O–H groups in total. The lowest BCUT2D eigenvalue weighted by Crippen LogP contribution is -2.27. The van der Waals surface area contributed by atoms with Gasteiger partial charge in [-0.3, -0.25) is 9.36 Å². The van der Waals surface area contributed by atoms with Crippen LogP contribution in [0, 0.1) is 0 Å². The van der Waals surface area contributed by atoms with Crippen molar-refractivity contribution in [3.63, 3.8) is 0 Å². The van der Waals surface area contributed by atoms with Gasteiger partial charge in [-0.1, -0.05) is 22.0 Å². The first kappa shape index (κ1) is 14.4. The van der Waals surface area contributed by atoms with Crippen LogP contribution >= 0.6 is 27.3 Å². The van der Waals surface area contributed by atoms with Crippen LogP contribution in [0.3, 0.4) is 0 Å². The van der Waals surface area contributed by atoms with E-state index in [0.717, 1.165) is 23.1 Å². The molecule has 1 aromatic carbocycles. The van der Waals surface area contributed by atoms with Crippen molar-refractivity contribution in [2.75, 3.05) is 6.54 Å². The summed E-state index contributed by atoms with van der Waals surface area (Å²) in [6.07, 6.45) is 1.62. The van der Waals surface area contributed by atoms with Crippen molar-refractivity contribution in [2.45, 2.75) is 13.1 Å². The van der Waals surface area contributed by atoms with Crippen molar-refractivity contribution in [2.24, 2.45) is 0 Å². The fourth-order valence-electron chi connectivity index (χ4n) is 2.11. The molecule has 2 aromatic heterocycles. The molecular formula is C15H14BrN3OS. The van der Waals surface area contributed by atoms with Gasteiger partial charge in [0.15, 0.2) is 0 Å². The molecule has 0 atom stereocenters. The second-order valence-electron chi connectivity index (χ2n) is 4.66. The van der Waals surface area contributed by atoms with Gasteiger partial charge in [0, 0.05) is 29.0 Å². The average molecular weight is 364 g/mol. The maximum Gasteiger partial charge on any atom is 0.261 e. The number of halogens is 1. The zero-order valence-electron chi connectivity index (χ0n) is 11.3. The van der Waals surface area contributed by atoms with E-state index in [9.17, 15) is 4.79 Å². The van der Waals surface area contributed by atoms with Crippen molar-refractivity contribution in [3.8, 4) is 0 Å². The summed E-state index contributed by atoms with van der Waals surface area (Å²) < 4.78 is 2.54. The third-order valence-corrected chi connectivity index (χ3v) is 4.56. The summed E-state index contributed by atoms with van der Waals surface area (Å²) in [5, 5.41) is 6.04. The molecule has 3 aromatic rings. The van der Waals surface area contributed by atoms with Crippen LogP contribution in [0.1, 0.15) is 4.88 Å². The van der Waals surface area contributed by atoms with E-state index in [0.29, 0.717) is 11.9 Å². The third kappa shape index (κ3) is 3.40. The molecule has 0 saturated heterocycles. The van der Waals surface area contributed by atoms with Crippen LogP contribution in [0.4, 0.5) is 0 Å². The minimum Gasteiger partial charge on any atom is -0.310 e. The lowest BCUT2D eigenvalue weighted by molar-refractivity contribution is 0.584. The predicted molar refractivity (Wildman–Crippen MR) is 89.7 cm³/mol. The molecule has 21 heavy (non-hydrogen) atoms. The van der Waals surface area contributed by atoms with E-state index in [1.807, 2.05) is 24.3 Å². The number of fused-ring (bicyclic) bond motifs is 1. The fourth-order valence-corrected chi connectivity index (χ4v) is 3.15. The minimum atomic E-state index is -0.000719. The van der Waals surface area contributed by atoms with E-state index in [4.69, 9.17) is 0 Å². The summed E-state index contributed by atoms with van der Waals surface area (Å²) in [5.74, 6) is 0. The Morgan fingerprint density at radius 2 is 2.24 bits per heavy atom. The number of thiophene rings is 1. The summed E-state index contributed by atoms with van der Waals surface area (Å²) >= 11 is 5.12. The number of hydrogen-bond acceptors (Lipinski definition) is 4. The molecular weight excluding hydrogens is 350 g/mol. The van der Waals surface area contributed by atoms with Gasteiger partial charge in [-0.25, -0.2) is 4.98 Å². The second kappa shape index (κ2) is 6.51. The first-order chi connectivity index (χ1) is 10.2. The molecule has 0 saturated carbocycles. The normalized spacial score (nSPS) is 11.1. The van der Waals surface area contributed by atoms with Gasteiger partial charge < -0.3 is 5.32 Å². The quantitative estimate of drug-likeness (QED) is 0.708. The Morgan fingerprint density at radius 3 is 3.05 bits per heavy atom. The summed E-state index contributed by atoms with van der Waals surface area (Å²) in [4.78, 5) is 18.0. The van der Waals surface area contributed by atoms with Crippen molar-refractivity contribution in [1.82, 2.24) is 14.9 Å². The highest BCUT2D eigenvalue weighted by Gasteiger charge is 2.04. The van der Waals surface area contributed by atoms with Gasteiger partial charge in [0.25, 0.3) is 5.56 Å². The topological polar surface area (TPSA) is 46.9 Å². The summed E-state index contributed by atoms with van der Waals surface area (Å²) in [6.45, 7) is 2.18. The number of aromatic nitrogens is 2. The Balaban J connectivity index is 1.69. The Morgan fingerprint density at radius 1 is 1.33 bits per heavy atom. The Labute approximate surface area is 134 Å². The molecule has 3 rings (SSSR count). The Kier molecular flexibility index (Phi) is 4.48. The van der Waals surface area contributed by atoms with Gasteiger partial charge in [0.2, 0.25) is 0 Å². The summed E-state index contributed by atoms with van der Waals surface area (Å²) in [6, 6.07) is 9.69. The molecule has 0 unspecified atom stereocenters. The van der Waals surface area contributed by atoms with Crippen molar-refractivity contribution >= 4 is 38.2 Å². The van der Waals surface area contributed by atoms with E-state index in [-0.39, 0.29) is 5.56 Å². The molecule has 0 amide bonds. The van der Waals surface area contributed by atoms with E-state index < -0.39 is 0 Å². The van der Waals surface area contributed by atoms with Crippen LogP contribution in [-0.4, -0.2) is 16.1 Å². The smallest absolute Gasteiger partial charge is 0.261 e. The molecule has 0 bridgehead atoms. The van der Waals surface area contributed by atoms with Gasteiger partial charge in [0.1, 0.15) is 0 Å². The van der Waals surface area contributed by atoms with E-state index in [1.165, 1.54) is 4.88 Å². The molecule has 0 aliphatic rings. The van der Waals surface area contributed by atoms with E-state index in [2.05, 4.69) is 37.7 Å². The average Bonchev–Trinajstić information content (AvgIpc) is 2.99. The second-order valence-corrected chi connectivity index (χ2v) is 6.61. The molecule has 0 fully saturated rings. The maximum atomic E-state index is 12.4. The predicted octanol–water partition coefficient (Wildman–Crippen LogP) is 3.01. The minimum absolute atomic E-state index is 0.000719. The van der Waals surface area contributed by atoms with Crippen LogP contribution in [0.5, 0.6) is 0 Å². The summed E-state index contributed by atoms with van der Waals surface area (Å²) in [7, 11) is 0. The molecule has 108 valence electrons. The van der Waals surface area contributed by atoms with Crippen LogP contribution in [0.15, 0.2) is 51.3 Å². The molecule has 0 aliphatic heterocycles. The lowest BCUT2D eigenvalue weighted by atomic mass is 10.2. The SMILES string of the molecule is O=c1c2cc(Br)ccc2ncn1CCNCc1cccs1. The summed E-state index contributed by atoms with van der Waals surface area (Å²) in [5.41, 5.74) is 0.727. The molecule has 0 spiro atoms. The molecule has 2 heterocycles. The largest absolute Gasteiger partial charge is 0.310 e. The highest BCUT2D eigenvalue weighted by Crippen LogP contribution is 2.14. The van der Waals surface area contributed by atoms with Gasteiger partial charge >= 0.3 is 0 Å². The number of benzene rings is 1. The Bertz CT molecular complexity index is 798. The fraction of sp³-hybridized carbons (Fsp3) is 0.200. The Hall–Kier alpha value is -1.50. The van der Waals surface area contributed by atoms with Crippen molar-refractivity contribution in [1.29, 1.82) is 0 Å². The van der Waals surface area contributed by atoms with Gasteiger partial charge in [-0.15, -0.1) is 11.3 Å². The third-order valence-electron chi connectivity index (χ3n) is 3.19. The zero-order valence-corrected chi connectivity index (χ0v) is 13.7. The number of rotatable bonds is 5. The molecule has 6 heteroatoms. The molecule has 0 aliphatic carbocycles. The standard InChI is InChI=1S/C15H14BrN3OS/c16-11-3-4-14-13(8-11)15(20)19(10-18-14)6-5-17-9-12-2-1-7-21-12/h1-4,7-8,10,17H,5-6,9H2. The van der Waals surface area contributed by atoms with Crippen LogP contribution < -0.4 is 10.9 Å². The van der Waals surface area contributed by atoms with Crippen LogP contribution in [0.25, 0.3) is 10.9 Å². The zero-order chi connectivity index (χ0) is 14.7. The first-order valence-corrected chi connectivity index (χ1v) is 8.29. The van der Waals surface area contributed by atoms with E-state index >= 15 is 0 Å². The molecule has 4 nitrogen and oxygen atoms in total. The number of nitrogens with zero attached hydrogens (tertiary/aromatic N) is 2. The van der Waals surface area contributed by atoms with Gasteiger partial charge in [-0.05, 0) is 29.6 Å². The highest BCUT2D eigenvalue weighted by atomic mass is 79.9. The van der Waals surface area contributed by atoms with E-state index in [1.54, 1.807) is 22.2 Å². The van der Waals surface area contributed by atoms with Crippen molar-refractivity contribution in [3.05, 3.63) is 61.7 Å².